The zero-order chi connectivity index (χ0) is 9.42. The number of aryl methyl sites for hydroxylation is 1. The lowest BCUT2D eigenvalue weighted by molar-refractivity contribution is 1.15. The number of fused-ring (bicyclic) bond motifs is 1. The van der Waals surface area contributed by atoms with Crippen molar-refractivity contribution in [3.05, 3.63) is 33.9 Å². The second-order valence-corrected chi connectivity index (χ2v) is 3.79. The van der Waals surface area contributed by atoms with Crippen molar-refractivity contribution in [3.8, 4) is 0 Å². The van der Waals surface area contributed by atoms with Crippen molar-refractivity contribution in [2.45, 2.75) is 13.3 Å². The van der Waals surface area contributed by atoms with Crippen LogP contribution in [0.5, 0.6) is 0 Å². The molecule has 0 aliphatic carbocycles. The van der Waals surface area contributed by atoms with Gasteiger partial charge in [0.2, 0.25) is 0 Å². The normalized spacial score (nSPS) is 11.0. The van der Waals surface area contributed by atoms with Gasteiger partial charge in [0.1, 0.15) is 0 Å². The second kappa shape index (κ2) is 3.24. The van der Waals surface area contributed by atoms with Gasteiger partial charge < -0.3 is 4.98 Å². The Morgan fingerprint density at radius 3 is 2.62 bits per heavy atom. The van der Waals surface area contributed by atoms with E-state index in [0.29, 0.717) is 10.0 Å². The third-order valence-corrected chi connectivity index (χ3v) is 2.91. The molecule has 1 N–H and O–H groups in total. The number of aromatic amines is 1. The first-order valence-corrected chi connectivity index (χ1v) is 4.93. The fraction of sp³-hybridized carbons (Fsp3) is 0.200. The van der Waals surface area contributed by atoms with Crippen molar-refractivity contribution >= 4 is 34.1 Å². The van der Waals surface area contributed by atoms with Gasteiger partial charge in [0, 0.05) is 17.1 Å². The van der Waals surface area contributed by atoms with Gasteiger partial charge in [-0.15, -0.1) is 0 Å². The number of benzene rings is 1. The van der Waals surface area contributed by atoms with E-state index in [9.17, 15) is 0 Å². The minimum absolute atomic E-state index is 0.596. The summed E-state index contributed by atoms with van der Waals surface area (Å²) < 4.78 is 0. The summed E-state index contributed by atoms with van der Waals surface area (Å²) in [4.78, 5) is 3.16. The second-order valence-electron chi connectivity index (χ2n) is 2.98. The Kier molecular flexibility index (Phi) is 2.22. The summed E-state index contributed by atoms with van der Waals surface area (Å²) in [6.07, 6.45) is 3.00. The van der Waals surface area contributed by atoms with Crippen LogP contribution in [0.4, 0.5) is 0 Å². The quantitative estimate of drug-likeness (QED) is 0.737. The molecule has 0 aliphatic heterocycles. The van der Waals surface area contributed by atoms with Crippen molar-refractivity contribution in [2.24, 2.45) is 0 Å². The summed E-state index contributed by atoms with van der Waals surface area (Å²) in [6.45, 7) is 2.12. The Morgan fingerprint density at radius 1 is 1.23 bits per heavy atom. The van der Waals surface area contributed by atoms with Gasteiger partial charge in [0.15, 0.2) is 0 Å². The molecule has 2 aromatic rings. The van der Waals surface area contributed by atoms with Crippen LogP contribution in [0.3, 0.4) is 0 Å². The van der Waals surface area contributed by atoms with Gasteiger partial charge in [0.05, 0.1) is 10.0 Å². The predicted octanol–water partition coefficient (Wildman–Crippen LogP) is 4.04. The van der Waals surface area contributed by atoms with E-state index in [1.807, 2.05) is 18.3 Å². The fourth-order valence-electron chi connectivity index (χ4n) is 1.47. The Morgan fingerprint density at radius 2 is 1.92 bits per heavy atom. The summed E-state index contributed by atoms with van der Waals surface area (Å²) in [5.41, 5.74) is 2.32. The van der Waals surface area contributed by atoms with Crippen molar-refractivity contribution in [3.63, 3.8) is 0 Å². The standard InChI is InChI=1S/C10H9Cl2N/c1-2-6-5-13-10-4-9(12)8(11)3-7(6)10/h3-5,13H,2H2,1H3. The summed E-state index contributed by atoms with van der Waals surface area (Å²) in [6, 6.07) is 3.77. The highest BCUT2D eigenvalue weighted by Gasteiger charge is 2.05. The van der Waals surface area contributed by atoms with Crippen LogP contribution >= 0.6 is 23.2 Å². The van der Waals surface area contributed by atoms with Crippen LogP contribution in [0.15, 0.2) is 18.3 Å². The lowest BCUT2D eigenvalue weighted by Crippen LogP contribution is -1.76. The highest BCUT2D eigenvalue weighted by atomic mass is 35.5. The van der Waals surface area contributed by atoms with Crippen molar-refractivity contribution < 1.29 is 0 Å². The molecule has 0 bridgehead atoms. The minimum atomic E-state index is 0.596. The van der Waals surface area contributed by atoms with E-state index < -0.39 is 0 Å². The first kappa shape index (κ1) is 8.92. The minimum Gasteiger partial charge on any atom is -0.361 e. The maximum atomic E-state index is 5.93. The van der Waals surface area contributed by atoms with Gasteiger partial charge in [-0.3, -0.25) is 0 Å². The van der Waals surface area contributed by atoms with Gasteiger partial charge in [-0.1, -0.05) is 30.1 Å². The van der Waals surface area contributed by atoms with Crippen LogP contribution in [0.2, 0.25) is 10.0 Å². The molecule has 0 fully saturated rings. The maximum Gasteiger partial charge on any atom is 0.0613 e. The van der Waals surface area contributed by atoms with Crippen LogP contribution in [-0.4, -0.2) is 4.98 Å². The maximum absolute atomic E-state index is 5.93. The largest absolute Gasteiger partial charge is 0.361 e. The van der Waals surface area contributed by atoms with E-state index in [-0.39, 0.29) is 0 Å². The molecule has 2 rings (SSSR count). The van der Waals surface area contributed by atoms with Gasteiger partial charge in [-0.05, 0) is 24.1 Å². The first-order chi connectivity index (χ1) is 6.22. The molecule has 0 unspecified atom stereocenters. The molecule has 0 saturated heterocycles. The van der Waals surface area contributed by atoms with Crippen LogP contribution in [0.1, 0.15) is 12.5 Å². The van der Waals surface area contributed by atoms with Gasteiger partial charge >= 0.3 is 0 Å². The van der Waals surface area contributed by atoms with Gasteiger partial charge in [0.25, 0.3) is 0 Å². The van der Waals surface area contributed by atoms with E-state index in [1.165, 1.54) is 5.56 Å². The molecule has 1 nitrogen and oxygen atoms in total. The van der Waals surface area contributed by atoms with Crippen LogP contribution < -0.4 is 0 Å². The van der Waals surface area contributed by atoms with Crippen LogP contribution in [0.25, 0.3) is 10.9 Å². The van der Waals surface area contributed by atoms with Crippen LogP contribution in [0, 0.1) is 0 Å². The number of rotatable bonds is 1. The van der Waals surface area contributed by atoms with Gasteiger partial charge in [-0.25, -0.2) is 0 Å². The molecule has 68 valence electrons. The molecule has 1 aromatic carbocycles. The molecular weight excluding hydrogens is 205 g/mol. The molecule has 0 spiro atoms. The predicted molar refractivity (Wildman–Crippen MR) is 57.7 cm³/mol. The molecule has 1 aromatic heterocycles. The van der Waals surface area contributed by atoms with Crippen LogP contribution in [-0.2, 0) is 6.42 Å². The lowest BCUT2D eigenvalue weighted by Gasteiger charge is -1.97. The highest BCUT2D eigenvalue weighted by molar-refractivity contribution is 6.42. The van der Waals surface area contributed by atoms with E-state index >= 15 is 0 Å². The third kappa shape index (κ3) is 1.43. The molecule has 0 amide bonds. The Balaban J connectivity index is 2.77. The smallest absolute Gasteiger partial charge is 0.0613 e. The number of hydrogen-bond donors (Lipinski definition) is 1. The molecular formula is C10H9Cl2N. The van der Waals surface area contributed by atoms with Crippen molar-refractivity contribution in [2.75, 3.05) is 0 Å². The zero-order valence-corrected chi connectivity index (χ0v) is 8.71. The third-order valence-electron chi connectivity index (χ3n) is 2.19. The average molecular weight is 214 g/mol. The number of aromatic nitrogens is 1. The Labute approximate surface area is 86.7 Å². The van der Waals surface area contributed by atoms with E-state index in [1.54, 1.807) is 0 Å². The monoisotopic (exact) mass is 213 g/mol. The molecule has 0 aliphatic rings. The van der Waals surface area contributed by atoms with E-state index in [4.69, 9.17) is 23.2 Å². The number of halogens is 2. The topological polar surface area (TPSA) is 15.8 Å². The summed E-state index contributed by atoms with van der Waals surface area (Å²) in [5, 5.41) is 2.37. The number of H-pyrrole nitrogens is 1. The molecule has 3 heteroatoms. The number of nitrogens with one attached hydrogen (secondary N) is 1. The SMILES string of the molecule is CCc1c[nH]c2cc(Cl)c(Cl)cc12. The highest BCUT2D eigenvalue weighted by Crippen LogP contribution is 2.29. The molecule has 0 radical (unpaired) electrons. The molecule has 1 heterocycles. The van der Waals surface area contributed by atoms with E-state index in [2.05, 4.69) is 11.9 Å². The first-order valence-electron chi connectivity index (χ1n) is 4.17. The lowest BCUT2D eigenvalue weighted by atomic mass is 10.1. The van der Waals surface area contributed by atoms with E-state index in [0.717, 1.165) is 17.3 Å². The van der Waals surface area contributed by atoms with Crippen molar-refractivity contribution in [1.82, 2.24) is 4.98 Å². The molecule has 0 saturated carbocycles. The zero-order valence-electron chi connectivity index (χ0n) is 7.20. The summed E-state index contributed by atoms with van der Waals surface area (Å²) in [7, 11) is 0. The molecule has 0 atom stereocenters. The molecule has 13 heavy (non-hydrogen) atoms. The van der Waals surface area contributed by atoms with Gasteiger partial charge in [-0.2, -0.15) is 0 Å². The Bertz CT molecular complexity index is 445. The van der Waals surface area contributed by atoms with Crippen molar-refractivity contribution in [1.29, 1.82) is 0 Å². The Hall–Kier alpha value is -0.660. The average Bonchev–Trinajstić information content (AvgIpc) is 2.48. The summed E-state index contributed by atoms with van der Waals surface area (Å²) >= 11 is 11.8. The fourth-order valence-corrected chi connectivity index (χ4v) is 1.79. The number of hydrogen-bond acceptors (Lipinski definition) is 0. The summed E-state index contributed by atoms with van der Waals surface area (Å²) in [5.74, 6) is 0.